The third kappa shape index (κ3) is 2.85. The van der Waals surface area contributed by atoms with E-state index in [1.807, 2.05) is 13.1 Å². The van der Waals surface area contributed by atoms with E-state index in [1.165, 1.54) is 4.88 Å². The maximum atomic E-state index is 4.66. The first-order valence-corrected chi connectivity index (χ1v) is 8.03. The molecule has 0 aliphatic rings. The van der Waals surface area contributed by atoms with E-state index in [9.17, 15) is 0 Å². The minimum atomic E-state index is 0.343. The van der Waals surface area contributed by atoms with Crippen LogP contribution in [0.3, 0.4) is 0 Å². The van der Waals surface area contributed by atoms with Crippen LogP contribution in [0, 0.1) is 6.92 Å². The van der Waals surface area contributed by atoms with Crippen molar-refractivity contribution in [2.45, 2.75) is 19.9 Å². The van der Waals surface area contributed by atoms with Crippen LogP contribution in [0.1, 0.15) is 23.5 Å². The van der Waals surface area contributed by atoms with Crippen LogP contribution in [0.2, 0.25) is 0 Å². The van der Waals surface area contributed by atoms with Gasteiger partial charge in [0.1, 0.15) is 5.01 Å². The van der Waals surface area contributed by atoms with Crippen LogP contribution in [0.15, 0.2) is 27.1 Å². The molecule has 0 fully saturated rings. The molecule has 0 aliphatic carbocycles. The second-order valence-corrected chi connectivity index (χ2v) is 6.85. The second kappa shape index (κ2) is 5.82. The number of aryl methyl sites for hydroxylation is 1. The molecular weight excluding hydrogens is 376 g/mol. The van der Waals surface area contributed by atoms with E-state index in [0.717, 1.165) is 25.2 Å². The lowest BCUT2D eigenvalue weighted by Gasteiger charge is -2.07. The molecule has 0 saturated heterocycles. The molecule has 1 unspecified atom stereocenters. The highest BCUT2D eigenvalue weighted by molar-refractivity contribution is 9.13. The molecule has 2 rings (SSSR count). The third-order valence-corrected chi connectivity index (χ3v) is 6.09. The summed E-state index contributed by atoms with van der Waals surface area (Å²) >= 11 is 8.76. The summed E-state index contributed by atoms with van der Waals surface area (Å²) in [5.41, 5.74) is 2.25. The van der Waals surface area contributed by atoms with E-state index in [1.54, 1.807) is 11.3 Å². The first-order valence-electron chi connectivity index (χ1n) is 5.63. The van der Waals surface area contributed by atoms with Crippen LogP contribution in [0.5, 0.6) is 0 Å². The fraction of sp³-hybridized carbons (Fsp3) is 0.308. The zero-order valence-corrected chi connectivity index (χ0v) is 14.4. The van der Waals surface area contributed by atoms with Gasteiger partial charge in [0.2, 0.25) is 0 Å². The number of benzene rings is 1. The average Bonchev–Trinajstić information content (AvgIpc) is 2.74. The fourth-order valence-electron chi connectivity index (χ4n) is 1.69. The average molecular weight is 390 g/mol. The maximum absolute atomic E-state index is 4.66. The van der Waals surface area contributed by atoms with Crippen molar-refractivity contribution in [3.63, 3.8) is 0 Å². The summed E-state index contributed by atoms with van der Waals surface area (Å²) in [6.45, 7) is 4.22. The van der Waals surface area contributed by atoms with Crippen LogP contribution in [0.4, 0.5) is 0 Å². The van der Waals surface area contributed by atoms with Gasteiger partial charge in [0, 0.05) is 25.4 Å². The molecule has 1 heterocycles. The summed E-state index contributed by atoms with van der Waals surface area (Å²) in [4.78, 5) is 5.96. The van der Waals surface area contributed by atoms with Gasteiger partial charge in [-0.3, -0.25) is 0 Å². The quantitative estimate of drug-likeness (QED) is 0.805. The lowest BCUT2D eigenvalue weighted by molar-refractivity contribution is 0.658. The van der Waals surface area contributed by atoms with Crippen molar-refractivity contribution >= 4 is 43.2 Å². The molecule has 1 aromatic carbocycles. The number of thiazole rings is 1. The normalized spacial score (nSPS) is 12.7. The molecule has 2 aromatic rings. The molecule has 1 aromatic heterocycles. The summed E-state index contributed by atoms with van der Waals surface area (Å²) in [5.74, 6) is 0. The molecule has 0 amide bonds. The Morgan fingerprint density at radius 1 is 1.28 bits per heavy atom. The van der Waals surface area contributed by atoms with E-state index in [4.69, 9.17) is 0 Å². The molecule has 5 heteroatoms. The summed E-state index contributed by atoms with van der Waals surface area (Å²) in [6.07, 6.45) is 0. The Labute approximate surface area is 128 Å². The molecule has 0 radical (unpaired) electrons. The topological polar surface area (TPSA) is 24.9 Å². The molecule has 0 aliphatic heterocycles. The summed E-state index contributed by atoms with van der Waals surface area (Å²) < 4.78 is 2.11. The van der Waals surface area contributed by atoms with Crippen LogP contribution < -0.4 is 5.32 Å². The van der Waals surface area contributed by atoms with Gasteiger partial charge in [-0.2, -0.15) is 0 Å². The molecule has 96 valence electrons. The van der Waals surface area contributed by atoms with Gasteiger partial charge < -0.3 is 5.32 Å². The Morgan fingerprint density at radius 2 is 2.00 bits per heavy atom. The Hall–Kier alpha value is -0.230. The van der Waals surface area contributed by atoms with Crippen LogP contribution in [0.25, 0.3) is 10.6 Å². The molecule has 0 spiro atoms. The van der Waals surface area contributed by atoms with Gasteiger partial charge in [0.05, 0.1) is 5.69 Å². The number of hydrogen-bond donors (Lipinski definition) is 1. The number of aromatic nitrogens is 1. The second-order valence-electron chi connectivity index (χ2n) is 4.11. The highest BCUT2D eigenvalue weighted by atomic mass is 79.9. The minimum Gasteiger partial charge on any atom is -0.312 e. The van der Waals surface area contributed by atoms with E-state index in [-0.39, 0.29) is 0 Å². The molecule has 18 heavy (non-hydrogen) atoms. The number of nitrogens with one attached hydrogen (secondary N) is 1. The van der Waals surface area contributed by atoms with Gasteiger partial charge >= 0.3 is 0 Å². The summed E-state index contributed by atoms with van der Waals surface area (Å²) in [5, 5.41) is 4.33. The lowest BCUT2D eigenvalue weighted by Crippen LogP contribution is -2.11. The highest BCUT2D eigenvalue weighted by Crippen LogP contribution is 2.34. The van der Waals surface area contributed by atoms with Gasteiger partial charge in [-0.15, -0.1) is 11.3 Å². The third-order valence-electron chi connectivity index (χ3n) is 2.83. The van der Waals surface area contributed by atoms with Crippen molar-refractivity contribution in [3.05, 3.63) is 37.7 Å². The van der Waals surface area contributed by atoms with E-state index in [2.05, 4.69) is 68.1 Å². The minimum absolute atomic E-state index is 0.343. The number of halogens is 2. The van der Waals surface area contributed by atoms with Gasteiger partial charge in [0.25, 0.3) is 0 Å². The van der Waals surface area contributed by atoms with E-state index < -0.39 is 0 Å². The first-order chi connectivity index (χ1) is 8.52. The maximum Gasteiger partial charge on any atom is 0.123 e. The monoisotopic (exact) mass is 388 g/mol. The number of rotatable bonds is 3. The zero-order valence-electron chi connectivity index (χ0n) is 10.4. The molecule has 1 N–H and O–H groups in total. The van der Waals surface area contributed by atoms with E-state index >= 15 is 0 Å². The molecule has 2 nitrogen and oxygen atoms in total. The van der Waals surface area contributed by atoms with Crippen molar-refractivity contribution in [1.82, 2.24) is 10.3 Å². The largest absolute Gasteiger partial charge is 0.312 e. The first kappa shape index (κ1) is 14.2. The Bertz CT molecular complexity index is 566. The SMILES string of the molecule is CNC(C)c1sc(-c2ccc(Br)c(Br)c2)nc1C. The Morgan fingerprint density at radius 3 is 2.61 bits per heavy atom. The Balaban J connectivity index is 2.42. The van der Waals surface area contributed by atoms with Crippen molar-refractivity contribution in [2.24, 2.45) is 0 Å². The number of nitrogens with zero attached hydrogens (tertiary/aromatic N) is 1. The van der Waals surface area contributed by atoms with Crippen LogP contribution in [-0.4, -0.2) is 12.0 Å². The van der Waals surface area contributed by atoms with Crippen LogP contribution in [-0.2, 0) is 0 Å². The zero-order chi connectivity index (χ0) is 13.3. The van der Waals surface area contributed by atoms with Gasteiger partial charge in [-0.1, -0.05) is 6.07 Å². The van der Waals surface area contributed by atoms with Gasteiger partial charge in [-0.05, 0) is 64.9 Å². The summed E-state index contributed by atoms with van der Waals surface area (Å²) in [6, 6.07) is 6.56. The standard InChI is InChI=1S/C13H14Br2N2S/c1-7(16-3)12-8(2)17-13(18-12)9-4-5-10(14)11(15)6-9/h4-7,16H,1-3H3. The summed E-state index contributed by atoms with van der Waals surface area (Å²) in [7, 11) is 1.97. The van der Waals surface area contributed by atoms with Crippen molar-refractivity contribution in [3.8, 4) is 10.6 Å². The van der Waals surface area contributed by atoms with Crippen LogP contribution >= 0.6 is 43.2 Å². The molecule has 0 saturated carbocycles. The molecular formula is C13H14Br2N2S. The van der Waals surface area contributed by atoms with E-state index in [0.29, 0.717) is 6.04 Å². The highest BCUT2D eigenvalue weighted by Gasteiger charge is 2.14. The van der Waals surface area contributed by atoms with Crippen molar-refractivity contribution in [1.29, 1.82) is 0 Å². The fourth-order valence-corrected chi connectivity index (χ4v) is 3.44. The van der Waals surface area contributed by atoms with Crippen molar-refractivity contribution < 1.29 is 0 Å². The predicted molar refractivity (Wildman–Crippen MR) is 85.2 cm³/mol. The molecule has 1 atom stereocenters. The lowest BCUT2D eigenvalue weighted by atomic mass is 10.2. The van der Waals surface area contributed by atoms with Gasteiger partial charge in [0.15, 0.2) is 0 Å². The number of hydrogen-bond acceptors (Lipinski definition) is 3. The van der Waals surface area contributed by atoms with Gasteiger partial charge in [-0.25, -0.2) is 4.98 Å². The van der Waals surface area contributed by atoms with Crippen molar-refractivity contribution in [2.75, 3.05) is 7.05 Å². The molecule has 0 bridgehead atoms. The Kier molecular flexibility index (Phi) is 4.59. The predicted octanol–water partition coefficient (Wildman–Crippen LogP) is 4.92. The smallest absolute Gasteiger partial charge is 0.123 e.